The van der Waals surface area contributed by atoms with Crippen LogP contribution >= 0.6 is 0 Å². The molecule has 1 nitrogen and oxygen atoms in total. The first kappa shape index (κ1) is 38.2. The summed E-state index contributed by atoms with van der Waals surface area (Å²) in [5, 5.41) is 0. The van der Waals surface area contributed by atoms with Gasteiger partial charge in [0.05, 0.1) is 0 Å². The predicted octanol–water partition coefficient (Wildman–Crippen LogP) is 9.00. The molecule has 252 valence electrons. The van der Waals surface area contributed by atoms with Gasteiger partial charge >= 0.3 is 59.7 Å². The van der Waals surface area contributed by atoms with Gasteiger partial charge in [-0.2, -0.15) is 101 Å². The molecule has 0 atom stereocenters. The van der Waals surface area contributed by atoms with Gasteiger partial charge in [0.2, 0.25) is 34.8 Å². The van der Waals surface area contributed by atoms with Crippen LogP contribution in [-0.2, 0) is 0 Å². The lowest BCUT2D eigenvalue weighted by Gasteiger charge is -2.44. The highest BCUT2D eigenvalue weighted by molar-refractivity contribution is 5.30. The zero-order valence-corrected chi connectivity index (χ0v) is 18.2. The molecule has 0 saturated heterocycles. The monoisotopic (exact) mass is 702 g/mol. The molecular formula is C16F26O. The summed E-state index contributed by atoms with van der Waals surface area (Å²) in [6, 6.07) is 0. The molecule has 0 N–H and O–H groups in total. The molecule has 0 unspecified atom stereocenters. The first-order valence-corrected chi connectivity index (χ1v) is 9.07. The number of benzene rings is 1. The summed E-state index contributed by atoms with van der Waals surface area (Å²) in [7, 11) is 0. The number of hydrogen-bond acceptors (Lipinski definition) is 1. The summed E-state index contributed by atoms with van der Waals surface area (Å²) < 4.78 is 345. The standard InChI is InChI=1S/C16F26O/c17-1-2(18)4(20)6(5(21)3(1)19)43-16(41,42)14(36,37)12(32,33)10(28,29)8(24,25)7(22,23)9(26,27)11(30,31)13(34,35)15(38,39)40. The van der Waals surface area contributed by atoms with Crippen molar-refractivity contribution in [2.75, 3.05) is 0 Å². The Hall–Kier alpha value is -2.80. The number of halogens is 26. The predicted molar refractivity (Wildman–Crippen MR) is 77.4 cm³/mol. The second-order valence-corrected chi connectivity index (χ2v) is 7.61. The van der Waals surface area contributed by atoms with E-state index in [9.17, 15) is 114 Å². The molecule has 0 aliphatic carbocycles. The Morgan fingerprint density at radius 2 is 0.488 bits per heavy atom. The number of rotatable bonds is 10. The molecule has 43 heavy (non-hydrogen) atoms. The highest BCUT2D eigenvalue weighted by Crippen LogP contribution is 2.66. The normalized spacial score (nSPS) is 15.7. The first-order chi connectivity index (χ1) is 18.4. The Morgan fingerprint density at radius 3 is 0.744 bits per heavy atom. The molecule has 0 aliphatic heterocycles. The van der Waals surface area contributed by atoms with Crippen molar-refractivity contribution >= 4 is 0 Å². The van der Waals surface area contributed by atoms with E-state index < -0.39 is 94.5 Å². The molecule has 27 heteroatoms. The van der Waals surface area contributed by atoms with Crippen LogP contribution in [0, 0.1) is 29.1 Å². The van der Waals surface area contributed by atoms with E-state index in [1.165, 1.54) is 0 Å². The second kappa shape index (κ2) is 9.85. The molecule has 1 aromatic carbocycles. The lowest BCUT2D eigenvalue weighted by molar-refractivity contribution is -0.480. The molecule has 1 aromatic rings. The van der Waals surface area contributed by atoms with E-state index in [1.807, 2.05) is 4.74 Å². The van der Waals surface area contributed by atoms with Gasteiger partial charge in [0.25, 0.3) is 0 Å². The summed E-state index contributed by atoms with van der Waals surface area (Å²) in [4.78, 5) is 0. The molecule has 0 aromatic heterocycles. The van der Waals surface area contributed by atoms with Crippen LogP contribution in [0.4, 0.5) is 114 Å². The van der Waals surface area contributed by atoms with Crippen molar-refractivity contribution in [2.24, 2.45) is 0 Å². The average Bonchev–Trinajstić information content (AvgIpc) is 2.82. The molecule has 0 bridgehead atoms. The van der Waals surface area contributed by atoms with Gasteiger partial charge < -0.3 is 4.74 Å². The Balaban J connectivity index is 3.85. The number of hydrogen-bond donors (Lipinski definition) is 0. The second-order valence-electron chi connectivity index (χ2n) is 7.61. The lowest BCUT2D eigenvalue weighted by atomic mass is 9.87. The van der Waals surface area contributed by atoms with Crippen LogP contribution in [0.1, 0.15) is 0 Å². The highest BCUT2D eigenvalue weighted by Gasteiger charge is 2.98. The van der Waals surface area contributed by atoms with Gasteiger partial charge in [-0.1, -0.05) is 0 Å². The molecular weight excluding hydrogens is 702 g/mol. The van der Waals surface area contributed by atoms with Gasteiger partial charge in [-0.25, -0.2) is 13.2 Å². The Bertz CT molecular complexity index is 1190. The van der Waals surface area contributed by atoms with Crippen molar-refractivity contribution < 1.29 is 119 Å². The van der Waals surface area contributed by atoms with Crippen LogP contribution in [0.5, 0.6) is 5.75 Å². The fourth-order valence-corrected chi connectivity index (χ4v) is 2.41. The maximum Gasteiger partial charge on any atom is 0.471 e. The topological polar surface area (TPSA) is 9.23 Å². The molecule has 0 heterocycles. The van der Waals surface area contributed by atoms with E-state index >= 15 is 0 Å². The van der Waals surface area contributed by atoms with Crippen LogP contribution < -0.4 is 4.74 Å². The van der Waals surface area contributed by atoms with E-state index in [0.29, 0.717) is 0 Å². The molecule has 0 saturated carbocycles. The molecule has 1 rings (SSSR count). The van der Waals surface area contributed by atoms with Gasteiger partial charge in [0.15, 0.2) is 0 Å². The minimum Gasteiger partial charge on any atom is -0.421 e. The van der Waals surface area contributed by atoms with Crippen LogP contribution in [0.25, 0.3) is 0 Å². The summed E-state index contributed by atoms with van der Waals surface area (Å²) >= 11 is 0. The minimum atomic E-state index is -9.51. The van der Waals surface area contributed by atoms with Crippen LogP contribution in [0.3, 0.4) is 0 Å². The Kier molecular flexibility index (Phi) is 8.76. The third kappa shape index (κ3) is 4.72. The maximum absolute atomic E-state index is 13.7. The van der Waals surface area contributed by atoms with E-state index in [0.717, 1.165) is 0 Å². The zero-order chi connectivity index (χ0) is 35.2. The third-order valence-corrected chi connectivity index (χ3v) is 4.88. The van der Waals surface area contributed by atoms with Crippen LogP contribution in [0.2, 0.25) is 0 Å². The van der Waals surface area contributed by atoms with Gasteiger partial charge in [-0.05, 0) is 0 Å². The quantitative estimate of drug-likeness (QED) is 0.135. The largest absolute Gasteiger partial charge is 0.471 e. The van der Waals surface area contributed by atoms with E-state index in [4.69, 9.17) is 0 Å². The first-order valence-electron chi connectivity index (χ1n) is 9.07. The molecule has 0 radical (unpaired) electrons. The smallest absolute Gasteiger partial charge is 0.421 e. The summed E-state index contributed by atoms with van der Waals surface area (Å²) in [5.74, 6) is -95.2. The molecule has 0 spiro atoms. The lowest BCUT2D eigenvalue weighted by Crippen LogP contribution is -2.77. The third-order valence-electron chi connectivity index (χ3n) is 4.88. The van der Waals surface area contributed by atoms with Crippen molar-refractivity contribution in [3.8, 4) is 5.75 Å². The van der Waals surface area contributed by atoms with E-state index in [-0.39, 0.29) is 0 Å². The summed E-state index contributed by atoms with van der Waals surface area (Å²) in [5.41, 5.74) is 0. The molecule has 0 fully saturated rings. The van der Waals surface area contributed by atoms with Gasteiger partial charge in [0.1, 0.15) is 0 Å². The average molecular weight is 702 g/mol. The van der Waals surface area contributed by atoms with Crippen molar-refractivity contribution in [1.82, 2.24) is 0 Å². The van der Waals surface area contributed by atoms with E-state index in [1.54, 1.807) is 0 Å². The zero-order valence-electron chi connectivity index (χ0n) is 18.2. The maximum atomic E-state index is 13.7. The van der Waals surface area contributed by atoms with Gasteiger partial charge in [-0.15, -0.1) is 0 Å². The van der Waals surface area contributed by atoms with Crippen molar-refractivity contribution in [2.45, 2.75) is 59.7 Å². The van der Waals surface area contributed by atoms with Crippen molar-refractivity contribution in [3.63, 3.8) is 0 Å². The fourth-order valence-electron chi connectivity index (χ4n) is 2.41. The number of alkyl halides is 21. The van der Waals surface area contributed by atoms with Crippen LogP contribution in [0.15, 0.2) is 0 Å². The minimum absolute atomic E-state index is 2.01. The highest BCUT2D eigenvalue weighted by atomic mass is 19.4. The van der Waals surface area contributed by atoms with Gasteiger partial charge in [0, 0.05) is 0 Å². The SMILES string of the molecule is Fc1c(F)c(F)c(OC(F)(F)C(F)(F)C(F)(F)C(F)(F)C(F)(F)C(F)(F)C(F)(F)C(F)(F)C(F)(F)C(F)(F)F)c(F)c1F. The molecule has 0 aliphatic rings. The van der Waals surface area contributed by atoms with Crippen molar-refractivity contribution in [3.05, 3.63) is 29.1 Å². The number of ether oxygens (including phenoxy) is 1. The summed E-state index contributed by atoms with van der Waals surface area (Å²) in [6.45, 7) is 0. The Morgan fingerprint density at radius 1 is 0.279 bits per heavy atom. The summed E-state index contributed by atoms with van der Waals surface area (Å²) in [6.07, 6.45) is -16.3. The molecule has 0 amide bonds. The van der Waals surface area contributed by atoms with Crippen LogP contribution in [-0.4, -0.2) is 59.7 Å². The Labute approximate surface area is 214 Å². The van der Waals surface area contributed by atoms with Crippen molar-refractivity contribution in [1.29, 1.82) is 0 Å². The fraction of sp³-hybridized carbons (Fsp3) is 0.625. The van der Waals surface area contributed by atoms with E-state index in [2.05, 4.69) is 0 Å². The van der Waals surface area contributed by atoms with Gasteiger partial charge in [-0.3, -0.25) is 0 Å².